The van der Waals surface area contributed by atoms with E-state index in [1.807, 2.05) is 42.5 Å². The summed E-state index contributed by atoms with van der Waals surface area (Å²) in [5.74, 6) is 6.76. The zero-order chi connectivity index (χ0) is 26.9. The third-order valence-corrected chi connectivity index (χ3v) is 8.67. The second kappa shape index (κ2) is 9.55. The van der Waals surface area contributed by atoms with Gasteiger partial charge < -0.3 is 14.2 Å². The van der Waals surface area contributed by atoms with Crippen LogP contribution >= 0.6 is 0 Å². The standard InChI is InChI=1S/C36H32N2O.Ir/c1-35(2)18-19-36(3,4)30-22-32-31(21-29(30)35)37(5)23-38(32)26-12-8-10-24(20-26)16-17-25-11-9-14-28-27-13-6-7-15-33(27)39-34(25)28;/h6-11,13-15,20-23H,18-19H2,1-5H3;/q-2;. The second-order valence-corrected chi connectivity index (χ2v) is 12.2. The van der Waals surface area contributed by atoms with E-state index in [-0.39, 0.29) is 30.9 Å². The number of nitrogens with zero attached hydrogens (tertiary/aromatic N) is 2. The van der Waals surface area contributed by atoms with Gasteiger partial charge in [0.1, 0.15) is 5.58 Å². The van der Waals surface area contributed by atoms with E-state index in [4.69, 9.17) is 4.42 Å². The Morgan fingerprint density at radius 3 is 2.30 bits per heavy atom. The van der Waals surface area contributed by atoms with E-state index >= 15 is 0 Å². The average molecular weight is 701 g/mol. The normalized spacial score (nSPS) is 16.7. The molecule has 0 spiro atoms. The molecule has 0 atom stereocenters. The first kappa shape index (κ1) is 26.7. The third kappa shape index (κ3) is 4.24. The van der Waals surface area contributed by atoms with Crippen LogP contribution in [0.2, 0.25) is 0 Å². The van der Waals surface area contributed by atoms with Crippen LogP contribution in [-0.4, -0.2) is 7.05 Å². The quantitative estimate of drug-likeness (QED) is 0.129. The van der Waals surface area contributed by atoms with Gasteiger partial charge in [0.25, 0.3) is 0 Å². The predicted molar refractivity (Wildman–Crippen MR) is 162 cm³/mol. The van der Waals surface area contributed by atoms with Crippen LogP contribution in [0.1, 0.15) is 62.8 Å². The topological polar surface area (TPSA) is 19.6 Å². The molecule has 0 bridgehead atoms. The molecular weight excluding hydrogens is 669 g/mol. The van der Waals surface area contributed by atoms with Crippen LogP contribution in [0.25, 0.3) is 21.9 Å². The number of benzene rings is 4. The van der Waals surface area contributed by atoms with Crippen LogP contribution in [0.15, 0.2) is 77.2 Å². The maximum absolute atomic E-state index is 6.18. The maximum atomic E-state index is 6.18. The number of para-hydroxylation sites is 2. The van der Waals surface area contributed by atoms with E-state index in [2.05, 4.69) is 99.5 Å². The van der Waals surface area contributed by atoms with Crippen molar-refractivity contribution in [2.24, 2.45) is 0 Å². The third-order valence-electron chi connectivity index (χ3n) is 8.67. The Bertz CT molecular complexity index is 1830. The first-order valence-corrected chi connectivity index (χ1v) is 13.7. The molecule has 0 saturated carbocycles. The van der Waals surface area contributed by atoms with Gasteiger partial charge in [0.2, 0.25) is 0 Å². The maximum Gasteiger partial charge on any atom is 0.151 e. The molecule has 5 aromatic rings. The van der Waals surface area contributed by atoms with Crippen molar-refractivity contribution < 1.29 is 24.5 Å². The van der Waals surface area contributed by atoms with Gasteiger partial charge in [-0.05, 0) is 66.1 Å². The van der Waals surface area contributed by atoms with Crippen LogP contribution in [0.3, 0.4) is 0 Å². The monoisotopic (exact) mass is 701 g/mol. The van der Waals surface area contributed by atoms with Gasteiger partial charge in [-0.15, -0.1) is 11.8 Å². The number of hydrogen-bond donors (Lipinski definition) is 0. The molecular formula is C36H32IrN2O-2. The SMILES string of the molecule is CN1[CH-]N(c2[c-]ccc(C#Cc3cccc4c3oc3ccccc34)c2)c2cc3c(cc21)C(C)(C)CCC3(C)C.[Ir]. The number of furan rings is 1. The molecule has 40 heavy (non-hydrogen) atoms. The van der Waals surface area contributed by atoms with Crippen molar-refractivity contribution in [1.82, 2.24) is 0 Å². The minimum Gasteiger partial charge on any atom is -0.504 e. The van der Waals surface area contributed by atoms with E-state index in [9.17, 15) is 0 Å². The summed E-state index contributed by atoms with van der Waals surface area (Å²) in [7, 11) is 2.13. The fourth-order valence-corrected chi connectivity index (χ4v) is 6.21. The molecule has 1 aromatic heterocycles. The second-order valence-electron chi connectivity index (χ2n) is 12.2. The van der Waals surface area contributed by atoms with Gasteiger partial charge in [-0.3, -0.25) is 0 Å². The first-order valence-electron chi connectivity index (χ1n) is 13.7. The molecule has 2 aliphatic rings. The van der Waals surface area contributed by atoms with Crippen LogP contribution in [-0.2, 0) is 30.9 Å². The fraction of sp³-hybridized carbons (Fsp3) is 0.250. The van der Waals surface area contributed by atoms with Crippen LogP contribution in [0.5, 0.6) is 0 Å². The molecule has 0 unspecified atom stereocenters. The summed E-state index contributed by atoms with van der Waals surface area (Å²) in [6.07, 6.45) is 2.40. The molecule has 203 valence electrons. The van der Waals surface area contributed by atoms with Gasteiger partial charge in [-0.2, -0.15) is 24.9 Å². The zero-order valence-electron chi connectivity index (χ0n) is 23.6. The minimum absolute atomic E-state index is 0. The molecule has 0 saturated heterocycles. The molecule has 7 rings (SSSR count). The summed E-state index contributed by atoms with van der Waals surface area (Å²) in [5, 5.41) is 2.22. The minimum atomic E-state index is 0. The number of hydrogen-bond acceptors (Lipinski definition) is 3. The molecule has 1 aliphatic heterocycles. The molecule has 0 fully saturated rings. The van der Waals surface area contributed by atoms with Gasteiger partial charge in [-0.1, -0.05) is 75.4 Å². The van der Waals surface area contributed by atoms with E-state index in [0.29, 0.717) is 0 Å². The van der Waals surface area contributed by atoms with Crippen molar-refractivity contribution in [1.29, 1.82) is 0 Å². The summed E-state index contributed by atoms with van der Waals surface area (Å²) in [4.78, 5) is 4.47. The molecule has 3 nitrogen and oxygen atoms in total. The van der Waals surface area contributed by atoms with Crippen molar-refractivity contribution in [2.45, 2.75) is 51.4 Å². The van der Waals surface area contributed by atoms with Crippen molar-refractivity contribution in [3.8, 4) is 11.8 Å². The number of fused-ring (bicyclic) bond motifs is 5. The van der Waals surface area contributed by atoms with Crippen molar-refractivity contribution in [2.75, 3.05) is 16.8 Å². The molecule has 0 N–H and O–H groups in total. The Morgan fingerprint density at radius 1 is 0.825 bits per heavy atom. The average Bonchev–Trinajstić information content (AvgIpc) is 3.48. The fourth-order valence-electron chi connectivity index (χ4n) is 6.21. The summed E-state index contributed by atoms with van der Waals surface area (Å²) in [6, 6.07) is 28.7. The Balaban J connectivity index is 0.00000289. The van der Waals surface area contributed by atoms with E-state index in [1.165, 1.54) is 35.3 Å². The first-order chi connectivity index (χ1) is 18.7. The van der Waals surface area contributed by atoms with E-state index in [1.54, 1.807) is 0 Å². The molecule has 1 aliphatic carbocycles. The van der Waals surface area contributed by atoms with Gasteiger partial charge in [0.05, 0.1) is 5.56 Å². The molecule has 4 aromatic carbocycles. The summed E-state index contributed by atoms with van der Waals surface area (Å²) >= 11 is 0. The zero-order valence-corrected chi connectivity index (χ0v) is 26.0. The van der Waals surface area contributed by atoms with Gasteiger partial charge >= 0.3 is 0 Å². The number of anilines is 3. The Morgan fingerprint density at radius 2 is 1.52 bits per heavy atom. The summed E-state index contributed by atoms with van der Waals surface area (Å²) < 4.78 is 6.18. The van der Waals surface area contributed by atoms with Crippen LogP contribution in [0, 0.1) is 24.6 Å². The Labute approximate surface area is 250 Å². The van der Waals surface area contributed by atoms with E-state index < -0.39 is 0 Å². The summed E-state index contributed by atoms with van der Waals surface area (Å²) in [6.45, 7) is 11.7. The molecule has 2 heterocycles. The van der Waals surface area contributed by atoms with Crippen molar-refractivity contribution in [3.05, 3.63) is 108 Å². The Kier molecular flexibility index (Phi) is 6.37. The van der Waals surface area contributed by atoms with Gasteiger partial charge in [-0.25, -0.2) is 0 Å². The van der Waals surface area contributed by atoms with Gasteiger partial charge in [0.15, 0.2) is 5.58 Å². The van der Waals surface area contributed by atoms with Crippen LogP contribution in [0.4, 0.5) is 17.1 Å². The van der Waals surface area contributed by atoms with Crippen LogP contribution < -0.4 is 9.80 Å². The largest absolute Gasteiger partial charge is 0.504 e. The van der Waals surface area contributed by atoms with Gasteiger partial charge in [0, 0.05) is 42.3 Å². The van der Waals surface area contributed by atoms with E-state index in [0.717, 1.165) is 38.8 Å². The Hall–Kier alpha value is -3.51. The molecule has 4 heteroatoms. The molecule has 0 amide bonds. The number of rotatable bonds is 1. The van der Waals surface area contributed by atoms with Crippen molar-refractivity contribution in [3.63, 3.8) is 0 Å². The molecule has 1 radical (unpaired) electrons. The van der Waals surface area contributed by atoms with Crippen molar-refractivity contribution >= 4 is 39.0 Å². The summed E-state index contributed by atoms with van der Waals surface area (Å²) in [5.41, 5.74) is 10.3. The predicted octanol–water partition coefficient (Wildman–Crippen LogP) is 8.84. The smallest absolute Gasteiger partial charge is 0.151 e.